The first-order valence-corrected chi connectivity index (χ1v) is 15.8. The zero-order valence-corrected chi connectivity index (χ0v) is 26.9. The van der Waals surface area contributed by atoms with Crippen molar-refractivity contribution in [3.63, 3.8) is 0 Å². The molecule has 0 saturated carbocycles. The predicted octanol–water partition coefficient (Wildman–Crippen LogP) is 5.75. The minimum absolute atomic E-state index is 0.00380. The number of hydrogen-bond acceptors (Lipinski definition) is 6. The summed E-state index contributed by atoms with van der Waals surface area (Å²) in [4.78, 5) is 40.3. The molecular weight excluding hydrogens is 622 g/mol. The van der Waals surface area contributed by atoms with Crippen LogP contribution in [0.4, 0.5) is 5.69 Å². The van der Waals surface area contributed by atoms with E-state index in [-0.39, 0.29) is 28.8 Å². The summed E-state index contributed by atoms with van der Waals surface area (Å²) in [7, 11) is 3.15. The quantitative estimate of drug-likeness (QED) is 0.211. The first-order chi connectivity index (χ1) is 22.3. The highest BCUT2D eigenvalue weighted by molar-refractivity contribution is 8.01. The number of ether oxygens (including phenoxy) is 2. The number of thioether (sulfide) groups is 1. The van der Waals surface area contributed by atoms with Crippen LogP contribution in [0.15, 0.2) is 91.0 Å². The molecule has 0 bridgehead atoms. The summed E-state index contributed by atoms with van der Waals surface area (Å²) in [6.45, 7) is 0.392. The molecule has 0 radical (unpaired) electrons. The number of anilines is 1. The van der Waals surface area contributed by atoms with Gasteiger partial charge in [-0.3, -0.25) is 19.3 Å². The highest BCUT2D eigenvalue weighted by Crippen LogP contribution is 2.47. The van der Waals surface area contributed by atoms with Crippen LogP contribution in [0, 0.1) is 11.8 Å². The van der Waals surface area contributed by atoms with Gasteiger partial charge in [-0.05, 0) is 72.1 Å². The third-order valence-corrected chi connectivity index (χ3v) is 9.16. The molecule has 5 rings (SSSR count). The monoisotopic (exact) mass is 653 g/mol. The fraction of sp³-hybridized carbons (Fsp3) is 0.194. The molecule has 4 aromatic carbocycles. The molecular formula is C36H32ClN3O5S. The molecule has 10 heteroatoms. The van der Waals surface area contributed by atoms with Crippen molar-refractivity contribution in [2.75, 3.05) is 25.7 Å². The van der Waals surface area contributed by atoms with Gasteiger partial charge in [0.15, 0.2) is 11.5 Å². The fourth-order valence-electron chi connectivity index (χ4n) is 5.04. The number of benzene rings is 4. The number of nitrogens with zero attached hydrogens (tertiary/aromatic N) is 1. The van der Waals surface area contributed by atoms with Gasteiger partial charge in [-0.15, -0.1) is 11.8 Å². The summed E-state index contributed by atoms with van der Waals surface area (Å²) in [6.07, 6.45) is 0.576. The Morgan fingerprint density at radius 2 is 1.61 bits per heavy atom. The standard InChI is InChI=1S/C36H32ClN3O5S/c1-44-30-17-12-25(20-31(30)45-2)18-19-39-33(41)22-32-35(43)40(27-15-16-28(34(38)42)29(37)21-27)36(46-32)26-13-10-24(11-14-26)9-8-23-6-4-3-5-7-23/h3-7,10-17,20-21,32,36H,18-19,22H2,1-2H3,(H2,38,42)(H,39,41)/t32-,36+/m1/s1. The van der Waals surface area contributed by atoms with Gasteiger partial charge in [0.05, 0.1) is 30.1 Å². The van der Waals surface area contributed by atoms with Gasteiger partial charge < -0.3 is 20.5 Å². The molecule has 1 heterocycles. The molecule has 0 aliphatic carbocycles. The molecule has 3 N–H and O–H groups in total. The third-order valence-electron chi connectivity index (χ3n) is 7.41. The number of methoxy groups -OCH3 is 2. The zero-order valence-electron chi connectivity index (χ0n) is 25.3. The SMILES string of the molecule is COc1ccc(CCNC(=O)C[C@H]2S[C@@H](c3ccc(C#Cc4ccccc4)cc3)N(c3ccc(C(N)=O)c(Cl)c3)C2=O)cc1OC. The molecule has 0 spiro atoms. The van der Waals surface area contributed by atoms with E-state index in [2.05, 4.69) is 17.2 Å². The van der Waals surface area contributed by atoms with Crippen molar-refractivity contribution in [3.05, 3.63) is 124 Å². The molecule has 234 valence electrons. The first-order valence-electron chi connectivity index (χ1n) is 14.5. The van der Waals surface area contributed by atoms with Crippen molar-refractivity contribution in [2.24, 2.45) is 5.73 Å². The van der Waals surface area contributed by atoms with Crippen LogP contribution >= 0.6 is 23.4 Å². The summed E-state index contributed by atoms with van der Waals surface area (Å²) in [5, 5.41) is 2.00. The van der Waals surface area contributed by atoms with E-state index >= 15 is 0 Å². The number of carbonyl (C=O) groups is 3. The van der Waals surface area contributed by atoms with E-state index in [1.165, 1.54) is 17.8 Å². The first kappa shape index (κ1) is 32.5. The van der Waals surface area contributed by atoms with Gasteiger partial charge in [0.2, 0.25) is 17.7 Å². The van der Waals surface area contributed by atoms with E-state index in [4.69, 9.17) is 26.8 Å². The minimum Gasteiger partial charge on any atom is -0.493 e. The van der Waals surface area contributed by atoms with Gasteiger partial charge in [-0.1, -0.05) is 59.8 Å². The number of amides is 3. The Labute approximate surface area is 277 Å². The zero-order chi connectivity index (χ0) is 32.6. The van der Waals surface area contributed by atoms with E-state index in [0.29, 0.717) is 30.2 Å². The number of halogens is 1. The molecule has 4 aromatic rings. The molecule has 2 atom stereocenters. The van der Waals surface area contributed by atoms with Crippen LogP contribution in [-0.2, 0) is 16.0 Å². The lowest BCUT2D eigenvalue weighted by atomic mass is 10.1. The molecule has 0 aromatic heterocycles. The number of carbonyl (C=O) groups excluding carboxylic acids is 3. The normalized spacial score (nSPS) is 15.5. The summed E-state index contributed by atoms with van der Waals surface area (Å²) >= 11 is 7.76. The lowest BCUT2D eigenvalue weighted by molar-refractivity contribution is -0.124. The van der Waals surface area contributed by atoms with Crippen LogP contribution in [0.1, 0.15) is 44.4 Å². The maximum atomic E-state index is 13.9. The van der Waals surface area contributed by atoms with E-state index in [0.717, 1.165) is 22.3 Å². The number of hydrogen-bond donors (Lipinski definition) is 2. The smallest absolute Gasteiger partial charge is 0.250 e. The Morgan fingerprint density at radius 3 is 2.26 bits per heavy atom. The van der Waals surface area contributed by atoms with Crippen LogP contribution in [0.3, 0.4) is 0 Å². The number of nitrogens with one attached hydrogen (secondary N) is 1. The molecule has 1 fully saturated rings. The second kappa shape index (κ2) is 14.9. The Bertz CT molecular complexity index is 1800. The molecule has 0 unspecified atom stereocenters. The van der Waals surface area contributed by atoms with Gasteiger partial charge in [-0.2, -0.15) is 0 Å². The molecule has 1 aliphatic rings. The topological polar surface area (TPSA) is 111 Å². The highest BCUT2D eigenvalue weighted by Gasteiger charge is 2.43. The Kier molecular flexibility index (Phi) is 10.5. The van der Waals surface area contributed by atoms with Crippen molar-refractivity contribution >= 4 is 46.8 Å². The molecule has 3 amide bonds. The van der Waals surface area contributed by atoms with Crippen LogP contribution in [-0.4, -0.2) is 43.7 Å². The van der Waals surface area contributed by atoms with E-state index in [1.54, 1.807) is 31.3 Å². The van der Waals surface area contributed by atoms with E-state index < -0.39 is 16.5 Å². The third kappa shape index (κ3) is 7.65. The van der Waals surface area contributed by atoms with Gasteiger partial charge in [0.25, 0.3) is 0 Å². The second-order valence-corrected chi connectivity index (χ2v) is 12.1. The molecule has 46 heavy (non-hydrogen) atoms. The Hall–Kier alpha value is -4.91. The Balaban J connectivity index is 1.32. The summed E-state index contributed by atoms with van der Waals surface area (Å²) in [5.41, 5.74) is 9.68. The average molecular weight is 654 g/mol. The molecule has 1 aliphatic heterocycles. The van der Waals surface area contributed by atoms with Crippen LogP contribution in [0.5, 0.6) is 11.5 Å². The number of nitrogens with two attached hydrogens (primary N) is 1. The van der Waals surface area contributed by atoms with Crippen molar-refractivity contribution in [1.29, 1.82) is 0 Å². The van der Waals surface area contributed by atoms with Crippen molar-refractivity contribution < 1.29 is 23.9 Å². The lowest BCUT2D eigenvalue weighted by Crippen LogP contribution is -2.34. The van der Waals surface area contributed by atoms with Crippen molar-refractivity contribution in [3.8, 4) is 23.3 Å². The minimum atomic E-state index is -0.662. The molecule has 8 nitrogen and oxygen atoms in total. The Morgan fingerprint density at radius 1 is 0.913 bits per heavy atom. The second-order valence-electron chi connectivity index (χ2n) is 10.4. The summed E-state index contributed by atoms with van der Waals surface area (Å²) < 4.78 is 10.7. The molecule has 1 saturated heterocycles. The van der Waals surface area contributed by atoms with Gasteiger partial charge in [0, 0.05) is 29.8 Å². The number of rotatable bonds is 10. The van der Waals surface area contributed by atoms with E-state index in [1.807, 2.05) is 72.8 Å². The van der Waals surface area contributed by atoms with Gasteiger partial charge >= 0.3 is 0 Å². The average Bonchev–Trinajstić information content (AvgIpc) is 3.39. The van der Waals surface area contributed by atoms with Gasteiger partial charge in [0.1, 0.15) is 5.37 Å². The highest BCUT2D eigenvalue weighted by atomic mass is 35.5. The number of primary amides is 1. The fourth-order valence-corrected chi connectivity index (χ4v) is 6.76. The van der Waals surface area contributed by atoms with Crippen molar-refractivity contribution in [2.45, 2.75) is 23.5 Å². The van der Waals surface area contributed by atoms with Crippen molar-refractivity contribution in [1.82, 2.24) is 5.32 Å². The maximum Gasteiger partial charge on any atom is 0.250 e. The lowest BCUT2D eigenvalue weighted by Gasteiger charge is -2.25. The van der Waals surface area contributed by atoms with E-state index in [9.17, 15) is 14.4 Å². The maximum absolute atomic E-state index is 13.9. The van der Waals surface area contributed by atoms with Gasteiger partial charge in [-0.25, -0.2) is 0 Å². The largest absolute Gasteiger partial charge is 0.493 e. The van der Waals surface area contributed by atoms with Crippen LogP contribution in [0.25, 0.3) is 0 Å². The summed E-state index contributed by atoms with van der Waals surface area (Å²) in [6, 6.07) is 27.7. The van der Waals surface area contributed by atoms with Crippen LogP contribution in [0.2, 0.25) is 5.02 Å². The predicted molar refractivity (Wildman–Crippen MR) is 181 cm³/mol. The summed E-state index contributed by atoms with van der Waals surface area (Å²) in [5.74, 6) is 6.43. The van der Waals surface area contributed by atoms with Crippen LogP contribution < -0.4 is 25.4 Å².